The monoisotopic (exact) mass is 304 g/mol. The first-order valence-electron chi connectivity index (χ1n) is 6.59. The number of carbonyl (C=O) groups excluding carboxylic acids is 1. The third-order valence-corrected chi connectivity index (χ3v) is 2.87. The molecule has 1 aromatic carbocycles. The topological polar surface area (TPSA) is 50.4 Å². The molecule has 0 aliphatic heterocycles. The number of halogens is 3. The number of alkyl halides is 3. The molecule has 0 aliphatic rings. The number of para-hydroxylation sites is 1. The summed E-state index contributed by atoms with van der Waals surface area (Å²) in [6, 6.07) is 3.50. The molecule has 7 heteroatoms. The van der Waals surface area contributed by atoms with E-state index in [0.29, 0.717) is 6.61 Å². The van der Waals surface area contributed by atoms with Crippen LogP contribution in [-0.4, -0.2) is 32.2 Å². The molecular weight excluding hydrogens is 285 g/mol. The van der Waals surface area contributed by atoms with Crippen LogP contribution in [0.5, 0.6) is 0 Å². The Morgan fingerprint density at radius 3 is 2.57 bits per heavy atom. The Labute approximate surface area is 121 Å². The number of anilines is 1. The van der Waals surface area contributed by atoms with E-state index in [2.05, 4.69) is 10.6 Å². The van der Waals surface area contributed by atoms with Gasteiger partial charge in [0.05, 0.1) is 22.9 Å². The van der Waals surface area contributed by atoms with Crippen molar-refractivity contribution in [3.05, 3.63) is 29.3 Å². The van der Waals surface area contributed by atoms with Gasteiger partial charge in [-0.05, 0) is 26.0 Å². The Kier molecular flexibility index (Phi) is 6.02. The van der Waals surface area contributed by atoms with Gasteiger partial charge in [-0.25, -0.2) is 0 Å². The molecule has 2 N–H and O–H groups in total. The molecule has 0 saturated carbocycles. The van der Waals surface area contributed by atoms with Crippen LogP contribution in [0, 0.1) is 0 Å². The largest absolute Gasteiger partial charge is 0.418 e. The van der Waals surface area contributed by atoms with E-state index in [1.807, 2.05) is 6.92 Å². The van der Waals surface area contributed by atoms with E-state index in [-0.39, 0.29) is 23.9 Å². The molecule has 0 bridgehead atoms. The van der Waals surface area contributed by atoms with E-state index in [1.165, 1.54) is 19.2 Å². The molecular formula is C14H19F3N2O2. The molecule has 1 atom stereocenters. The Bertz CT molecular complexity index is 490. The minimum atomic E-state index is -4.52. The average Bonchev–Trinajstić information content (AvgIpc) is 2.43. The number of hydrogen-bond donors (Lipinski definition) is 2. The maximum absolute atomic E-state index is 12.9. The van der Waals surface area contributed by atoms with Gasteiger partial charge in [-0.3, -0.25) is 4.79 Å². The number of benzene rings is 1. The first kappa shape index (κ1) is 17.3. The van der Waals surface area contributed by atoms with Crippen molar-refractivity contribution in [2.45, 2.75) is 26.1 Å². The van der Waals surface area contributed by atoms with Crippen molar-refractivity contribution in [3.63, 3.8) is 0 Å². The molecule has 21 heavy (non-hydrogen) atoms. The van der Waals surface area contributed by atoms with Gasteiger partial charge in [0, 0.05) is 20.2 Å². The third kappa shape index (κ3) is 4.63. The number of amides is 1. The highest BCUT2D eigenvalue weighted by Gasteiger charge is 2.34. The SMILES string of the molecule is CCOC(C)CNC(=O)c1cccc(C(F)(F)F)c1NC. The van der Waals surface area contributed by atoms with Gasteiger partial charge in [-0.2, -0.15) is 13.2 Å². The summed E-state index contributed by atoms with van der Waals surface area (Å²) in [5.41, 5.74) is -1.14. The smallest absolute Gasteiger partial charge is 0.387 e. The molecule has 0 radical (unpaired) electrons. The predicted octanol–water partition coefficient (Wildman–Crippen LogP) is 2.90. The van der Waals surface area contributed by atoms with Crippen LogP contribution < -0.4 is 10.6 Å². The van der Waals surface area contributed by atoms with Gasteiger partial charge in [0.2, 0.25) is 0 Å². The minimum absolute atomic E-state index is 0.0453. The first-order chi connectivity index (χ1) is 9.81. The number of carbonyl (C=O) groups is 1. The van der Waals surface area contributed by atoms with E-state index in [9.17, 15) is 18.0 Å². The molecule has 1 amide bonds. The highest BCUT2D eigenvalue weighted by molar-refractivity contribution is 6.00. The van der Waals surface area contributed by atoms with Gasteiger partial charge < -0.3 is 15.4 Å². The summed E-state index contributed by atoms with van der Waals surface area (Å²) in [6.07, 6.45) is -4.73. The van der Waals surface area contributed by atoms with Gasteiger partial charge in [0.15, 0.2) is 0 Å². The normalized spacial score (nSPS) is 12.9. The number of hydrogen-bond acceptors (Lipinski definition) is 3. The summed E-state index contributed by atoms with van der Waals surface area (Å²) in [4.78, 5) is 12.0. The quantitative estimate of drug-likeness (QED) is 0.849. The zero-order valence-corrected chi connectivity index (χ0v) is 12.2. The van der Waals surface area contributed by atoms with Gasteiger partial charge in [0.25, 0.3) is 5.91 Å². The van der Waals surface area contributed by atoms with Crippen LogP contribution in [-0.2, 0) is 10.9 Å². The summed E-state index contributed by atoms with van der Waals surface area (Å²) in [6.45, 7) is 4.33. The van der Waals surface area contributed by atoms with E-state index in [0.717, 1.165) is 6.07 Å². The van der Waals surface area contributed by atoms with E-state index in [4.69, 9.17) is 4.74 Å². The molecule has 0 aliphatic carbocycles. The second-order valence-corrected chi connectivity index (χ2v) is 4.45. The molecule has 1 unspecified atom stereocenters. The van der Waals surface area contributed by atoms with Crippen molar-refractivity contribution in [3.8, 4) is 0 Å². The van der Waals surface area contributed by atoms with Crippen molar-refractivity contribution >= 4 is 11.6 Å². The van der Waals surface area contributed by atoms with Crippen molar-refractivity contribution in [2.24, 2.45) is 0 Å². The number of rotatable bonds is 6. The highest BCUT2D eigenvalue weighted by atomic mass is 19.4. The molecule has 0 aromatic heterocycles. The average molecular weight is 304 g/mol. The Morgan fingerprint density at radius 2 is 2.05 bits per heavy atom. The minimum Gasteiger partial charge on any atom is -0.387 e. The summed E-state index contributed by atoms with van der Waals surface area (Å²) >= 11 is 0. The van der Waals surface area contributed by atoms with E-state index >= 15 is 0 Å². The van der Waals surface area contributed by atoms with Crippen LogP contribution in [0.25, 0.3) is 0 Å². The molecule has 1 rings (SSSR count). The molecule has 0 saturated heterocycles. The molecule has 118 valence electrons. The summed E-state index contributed by atoms with van der Waals surface area (Å²) < 4.78 is 44.0. The number of ether oxygens (including phenoxy) is 1. The fraction of sp³-hybridized carbons (Fsp3) is 0.500. The van der Waals surface area contributed by atoms with Crippen LogP contribution in [0.3, 0.4) is 0 Å². The van der Waals surface area contributed by atoms with Gasteiger partial charge in [-0.1, -0.05) is 6.07 Å². The zero-order chi connectivity index (χ0) is 16.0. The van der Waals surface area contributed by atoms with E-state index < -0.39 is 17.6 Å². The van der Waals surface area contributed by atoms with Crippen molar-refractivity contribution < 1.29 is 22.7 Å². The fourth-order valence-corrected chi connectivity index (χ4v) is 1.92. The maximum atomic E-state index is 12.9. The molecule has 0 spiro atoms. The Morgan fingerprint density at radius 1 is 1.38 bits per heavy atom. The molecule has 1 aromatic rings. The maximum Gasteiger partial charge on any atom is 0.418 e. The van der Waals surface area contributed by atoms with Crippen LogP contribution in [0.15, 0.2) is 18.2 Å². The van der Waals surface area contributed by atoms with Gasteiger partial charge >= 0.3 is 6.18 Å². The van der Waals surface area contributed by atoms with Crippen LogP contribution in [0.4, 0.5) is 18.9 Å². The lowest BCUT2D eigenvalue weighted by atomic mass is 10.1. The first-order valence-corrected chi connectivity index (χ1v) is 6.59. The van der Waals surface area contributed by atoms with Crippen LogP contribution in [0.1, 0.15) is 29.8 Å². The van der Waals surface area contributed by atoms with Gasteiger partial charge in [0.1, 0.15) is 0 Å². The lowest BCUT2D eigenvalue weighted by Gasteiger charge is -2.17. The lowest BCUT2D eigenvalue weighted by molar-refractivity contribution is -0.136. The van der Waals surface area contributed by atoms with Crippen molar-refractivity contribution in [2.75, 3.05) is 25.5 Å². The number of nitrogens with one attached hydrogen (secondary N) is 2. The lowest BCUT2D eigenvalue weighted by Crippen LogP contribution is -2.32. The Balaban J connectivity index is 2.95. The van der Waals surface area contributed by atoms with Crippen LogP contribution in [0.2, 0.25) is 0 Å². The van der Waals surface area contributed by atoms with E-state index in [1.54, 1.807) is 6.92 Å². The van der Waals surface area contributed by atoms with Crippen molar-refractivity contribution in [1.82, 2.24) is 5.32 Å². The third-order valence-electron chi connectivity index (χ3n) is 2.87. The summed E-state index contributed by atoms with van der Waals surface area (Å²) in [5, 5.41) is 5.02. The van der Waals surface area contributed by atoms with Crippen LogP contribution >= 0.6 is 0 Å². The molecule has 0 heterocycles. The summed E-state index contributed by atoms with van der Waals surface area (Å²) in [7, 11) is 1.35. The second-order valence-electron chi connectivity index (χ2n) is 4.45. The summed E-state index contributed by atoms with van der Waals surface area (Å²) in [5.74, 6) is -0.572. The van der Waals surface area contributed by atoms with Gasteiger partial charge in [-0.15, -0.1) is 0 Å². The molecule has 4 nitrogen and oxygen atoms in total. The standard InChI is InChI=1S/C14H19F3N2O2/c1-4-21-9(2)8-19-13(20)10-6-5-7-11(12(10)18-3)14(15,16)17/h5-7,9,18H,4,8H2,1-3H3,(H,19,20). The van der Waals surface area contributed by atoms with Crippen molar-refractivity contribution in [1.29, 1.82) is 0 Å². The Hall–Kier alpha value is -1.76. The second kappa shape index (κ2) is 7.31. The zero-order valence-electron chi connectivity index (χ0n) is 12.2. The highest BCUT2D eigenvalue weighted by Crippen LogP contribution is 2.36. The fourth-order valence-electron chi connectivity index (χ4n) is 1.92. The molecule has 0 fully saturated rings. The predicted molar refractivity (Wildman–Crippen MR) is 74.4 cm³/mol.